The molecule has 3 atom stereocenters. The van der Waals surface area contributed by atoms with E-state index in [4.69, 9.17) is 0 Å². The van der Waals surface area contributed by atoms with E-state index in [0.29, 0.717) is 17.8 Å². The van der Waals surface area contributed by atoms with Gasteiger partial charge in [-0.2, -0.15) is 0 Å². The van der Waals surface area contributed by atoms with Gasteiger partial charge >= 0.3 is 0 Å². The number of allylic oxidation sites excluding steroid dienone is 12. The van der Waals surface area contributed by atoms with Crippen LogP contribution in [0.4, 0.5) is 0 Å². The van der Waals surface area contributed by atoms with Crippen molar-refractivity contribution in [2.75, 3.05) is 6.54 Å². The van der Waals surface area contributed by atoms with Gasteiger partial charge in [-0.1, -0.05) is 120 Å². The molecule has 1 aliphatic heterocycles. The summed E-state index contributed by atoms with van der Waals surface area (Å²) in [5.74, 6) is 1.44. The first-order valence-corrected chi connectivity index (χ1v) is 15.8. The minimum Gasteiger partial charge on any atom is -0.341 e. The minimum atomic E-state index is 0.346. The summed E-state index contributed by atoms with van der Waals surface area (Å²) < 4.78 is 0. The lowest BCUT2D eigenvalue weighted by atomic mass is 9.67. The Morgan fingerprint density at radius 2 is 1.55 bits per heavy atom. The highest BCUT2D eigenvalue weighted by atomic mass is 15.2. The average Bonchev–Trinajstić information content (AvgIpc) is 3.28. The third kappa shape index (κ3) is 5.75. The molecule has 0 spiro atoms. The largest absolute Gasteiger partial charge is 0.341 e. The van der Waals surface area contributed by atoms with Crippen LogP contribution in [0, 0.1) is 17.8 Å². The third-order valence-electron chi connectivity index (χ3n) is 9.50. The van der Waals surface area contributed by atoms with E-state index in [1.54, 1.807) is 5.57 Å². The summed E-state index contributed by atoms with van der Waals surface area (Å²) in [5, 5.41) is 0. The van der Waals surface area contributed by atoms with Crippen LogP contribution in [0.5, 0.6) is 0 Å². The van der Waals surface area contributed by atoms with Gasteiger partial charge in [0, 0.05) is 35.3 Å². The SMILES string of the molecule is C/C=C\C=C/CN1C(C2=C(C)C3CCC=CC3C(C)=C2/C=C\C)=C(C)C(Cc2ccc(-c3ccccc3)cc2)/C1=C\C. The lowest BCUT2D eigenvalue weighted by Crippen LogP contribution is -2.28. The predicted octanol–water partition coefficient (Wildman–Crippen LogP) is 10.9. The van der Waals surface area contributed by atoms with Gasteiger partial charge in [0.25, 0.3) is 0 Å². The molecule has 2 aromatic rings. The van der Waals surface area contributed by atoms with E-state index in [2.05, 4.69) is 156 Å². The Labute approximate surface area is 254 Å². The van der Waals surface area contributed by atoms with Gasteiger partial charge in [0.05, 0.1) is 0 Å². The zero-order chi connectivity index (χ0) is 29.6. The summed E-state index contributed by atoms with van der Waals surface area (Å²) >= 11 is 0. The van der Waals surface area contributed by atoms with Crippen LogP contribution in [0.3, 0.4) is 0 Å². The molecule has 0 bridgehead atoms. The maximum atomic E-state index is 2.62. The van der Waals surface area contributed by atoms with Crippen LogP contribution >= 0.6 is 0 Å². The molecule has 42 heavy (non-hydrogen) atoms. The molecule has 0 N–H and O–H groups in total. The number of fused-ring (bicyclic) bond motifs is 1. The van der Waals surface area contributed by atoms with Gasteiger partial charge in [-0.25, -0.2) is 0 Å². The zero-order valence-electron chi connectivity index (χ0n) is 26.4. The van der Waals surface area contributed by atoms with Gasteiger partial charge in [0.15, 0.2) is 0 Å². The summed E-state index contributed by atoms with van der Waals surface area (Å²) in [7, 11) is 0. The number of benzene rings is 2. The minimum absolute atomic E-state index is 0.346. The monoisotopic (exact) mass is 553 g/mol. The number of hydrogen-bond donors (Lipinski definition) is 0. The molecule has 216 valence electrons. The second kappa shape index (κ2) is 13.4. The Kier molecular flexibility index (Phi) is 9.48. The Morgan fingerprint density at radius 3 is 2.24 bits per heavy atom. The van der Waals surface area contributed by atoms with E-state index < -0.39 is 0 Å². The molecule has 0 amide bonds. The van der Waals surface area contributed by atoms with Crippen LogP contribution in [0.25, 0.3) is 11.1 Å². The molecule has 0 fully saturated rings. The van der Waals surface area contributed by atoms with Crippen molar-refractivity contribution >= 4 is 0 Å². The standard InChI is InChI=1S/C41H47N/c1-7-10-11-17-27-42-39(9-3)38(28-32-23-25-34(26-24-32)33-19-13-12-14-20-33)31(6)41(42)40-30(5)36-22-16-15-21-35(36)29(4)37(40)18-8-2/h7-15,17-21,23-26,35-36,38H,16,22,27-28H2,1-6H3/b10-7-,17-11-,18-8-,39-9+. The van der Waals surface area contributed by atoms with Crippen LogP contribution < -0.4 is 0 Å². The number of rotatable bonds is 8. The van der Waals surface area contributed by atoms with E-state index in [1.165, 1.54) is 63.2 Å². The lowest BCUT2D eigenvalue weighted by Gasteiger charge is -2.39. The Balaban J connectivity index is 1.59. The van der Waals surface area contributed by atoms with Crippen molar-refractivity contribution in [1.82, 2.24) is 4.90 Å². The summed E-state index contributed by atoms with van der Waals surface area (Å²) in [4.78, 5) is 2.62. The molecule has 0 aromatic heterocycles. The molecule has 1 nitrogen and oxygen atoms in total. The second-order valence-electron chi connectivity index (χ2n) is 11.9. The molecule has 2 aromatic carbocycles. The molecule has 0 saturated carbocycles. The van der Waals surface area contributed by atoms with Crippen molar-refractivity contribution in [2.45, 2.75) is 60.8 Å². The number of nitrogens with zero attached hydrogens (tertiary/aromatic N) is 1. The van der Waals surface area contributed by atoms with Crippen molar-refractivity contribution < 1.29 is 0 Å². The lowest BCUT2D eigenvalue weighted by molar-refractivity contribution is 0.430. The van der Waals surface area contributed by atoms with Gasteiger partial charge in [-0.15, -0.1) is 0 Å². The fraction of sp³-hybridized carbons (Fsp3) is 0.317. The molecule has 5 rings (SSSR count). The fourth-order valence-corrected chi connectivity index (χ4v) is 7.35. The van der Waals surface area contributed by atoms with Crippen LogP contribution in [-0.2, 0) is 6.42 Å². The first-order valence-electron chi connectivity index (χ1n) is 15.8. The predicted molar refractivity (Wildman–Crippen MR) is 182 cm³/mol. The van der Waals surface area contributed by atoms with Crippen LogP contribution in [0.2, 0.25) is 0 Å². The quantitative estimate of drug-likeness (QED) is 0.232. The maximum absolute atomic E-state index is 2.62. The van der Waals surface area contributed by atoms with Crippen molar-refractivity contribution in [3.63, 3.8) is 0 Å². The summed E-state index contributed by atoms with van der Waals surface area (Å²) in [5.41, 5.74) is 14.2. The van der Waals surface area contributed by atoms with E-state index >= 15 is 0 Å². The second-order valence-corrected chi connectivity index (χ2v) is 11.9. The Morgan fingerprint density at radius 1 is 0.810 bits per heavy atom. The highest BCUT2D eigenvalue weighted by Gasteiger charge is 2.40. The van der Waals surface area contributed by atoms with Gasteiger partial charge in [-0.05, 0) is 94.6 Å². The summed E-state index contributed by atoms with van der Waals surface area (Å²) in [6, 6.07) is 19.9. The van der Waals surface area contributed by atoms with Gasteiger partial charge in [0.2, 0.25) is 0 Å². The fourth-order valence-electron chi connectivity index (χ4n) is 7.35. The number of hydrogen-bond acceptors (Lipinski definition) is 1. The highest BCUT2D eigenvalue weighted by Crippen LogP contribution is 2.51. The van der Waals surface area contributed by atoms with Gasteiger partial charge < -0.3 is 4.90 Å². The maximum Gasteiger partial charge on any atom is 0.0486 e. The molecule has 3 aliphatic rings. The molecule has 1 heteroatoms. The normalized spacial score (nSPS) is 24.0. The van der Waals surface area contributed by atoms with E-state index in [9.17, 15) is 0 Å². The Hall–Kier alpha value is -3.84. The van der Waals surface area contributed by atoms with E-state index in [1.807, 2.05) is 0 Å². The van der Waals surface area contributed by atoms with Crippen LogP contribution in [-0.4, -0.2) is 11.4 Å². The zero-order valence-corrected chi connectivity index (χ0v) is 26.4. The highest BCUT2D eigenvalue weighted by molar-refractivity contribution is 5.65. The Bertz CT molecular complexity index is 1510. The van der Waals surface area contributed by atoms with Crippen molar-refractivity contribution in [1.29, 1.82) is 0 Å². The van der Waals surface area contributed by atoms with Gasteiger partial charge in [-0.3, -0.25) is 0 Å². The molecule has 2 aliphatic carbocycles. The average molecular weight is 554 g/mol. The third-order valence-corrected chi connectivity index (χ3v) is 9.50. The molecular formula is C41H47N. The topological polar surface area (TPSA) is 3.24 Å². The molecule has 3 unspecified atom stereocenters. The molecule has 0 saturated heterocycles. The molecule has 0 radical (unpaired) electrons. The first-order chi connectivity index (χ1) is 20.5. The van der Waals surface area contributed by atoms with Crippen LogP contribution in [0.15, 0.2) is 149 Å². The van der Waals surface area contributed by atoms with Gasteiger partial charge in [0.1, 0.15) is 0 Å². The smallest absolute Gasteiger partial charge is 0.0486 e. The van der Waals surface area contributed by atoms with Crippen molar-refractivity contribution in [2.24, 2.45) is 17.8 Å². The van der Waals surface area contributed by atoms with Crippen molar-refractivity contribution in [3.8, 4) is 11.1 Å². The summed E-state index contributed by atoms with van der Waals surface area (Å²) in [6.07, 6.45) is 24.0. The van der Waals surface area contributed by atoms with E-state index in [0.717, 1.165) is 13.0 Å². The van der Waals surface area contributed by atoms with Crippen molar-refractivity contribution in [3.05, 3.63) is 154 Å². The summed E-state index contributed by atoms with van der Waals surface area (Å²) in [6.45, 7) is 14.5. The van der Waals surface area contributed by atoms with E-state index in [-0.39, 0.29) is 0 Å². The van der Waals surface area contributed by atoms with Crippen LogP contribution in [0.1, 0.15) is 59.9 Å². The molecular weight excluding hydrogens is 506 g/mol. The molecule has 1 heterocycles. The first kappa shape index (κ1) is 29.6.